The molecule has 0 atom stereocenters. The predicted molar refractivity (Wildman–Crippen MR) is 65.4 cm³/mol. The van der Waals surface area contributed by atoms with Crippen LogP contribution in [0.15, 0.2) is 11.4 Å². The molecule has 1 aromatic heterocycles. The summed E-state index contributed by atoms with van der Waals surface area (Å²) in [6.45, 7) is 6.65. The lowest BCUT2D eigenvalue weighted by molar-refractivity contribution is 0.544. The lowest BCUT2D eigenvalue weighted by Gasteiger charge is -2.06. The van der Waals surface area contributed by atoms with Gasteiger partial charge in [-0.3, -0.25) is 0 Å². The molecule has 0 aliphatic carbocycles. The Morgan fingerprint density at radius 3 is 2.86 bits per heavy atom. The number of thiophene rings is 1. The summed E-state index contributed by atoms with van der Waals surface area (Å²) < 4.78 is 0. The fourth-order valence-electron chi connectivity index (χ4n) is 1.27. The zero-order valence-electron chi connectivity index (χ0n) is 8.85. The van der Waals surface area contributed by atoms with Crippen molar-refractivity contribution in [2.75, 3.05) is 13.1 Å². The van der Waals surface area contributed by atoms with Gasteiger partial charge in [0.1, 0.15) is 0 Å². The molecule has 80 valence electrons. The zero-order valence-corrected chi connectivity index (χ0v) is 10.4. The molecular weight excluding hydrogens is 214 g/mol. The van der Waals surface area contributed by atoms with E-state index in [1.54, 1.807) is 11.3 Å². The van der Waals surface area contributed by atoms with Crippen LogP contribution < -0.4 is 5.32 Å². The van der Waals surface area contributed by atoms with Crippen molar-refractivity contribution in [3.8, 4) is 0 Å². The average Bonchev–Trinajstić information content (AvgIpc) is 2.51. The summed E-state index contributed by atoms with van der Waals surface area (Å²) in [4.78, 5) is 1.32. The molecule has 0 unspecified atom stereocenters. The van der Waals surface area contributed by atoms with Gasteiger partial charge >= 0.3 is 0 Å². The number of nitrogens with one attached hydrogen (secondary N) is 1. The quantitative estimate of drug-likeness (QED) is 0.738. The molecule has 0 aliphatic rings. The molecule has 0 saturated carbocycles. The van der Waals surface area contributed by atoms with Gasteiger partial charge < -0.3 is 5.32 Å². The van der Waals surface area contributed by atoms with Crippen molar-refractivity contribution in [1.82, 2.24) is 5.32 Å². The van der Waals surface area contributed by atoms with Crippen LogP contribution in [0.3, 0.4) is 0 Å². The van der Waals surface area contributed by atoms with Crippen molar-refractivity contribution in [2.24, 2.45) is 5.92 Å². The minimum Gasteiger partial charge on any atom is -0.316 e. The highest BCUT2D eigenvalue weighted by atomic mass is 35.5. The molecule has 0 saturated heterocycles. The average molecular weight is 232 g/mol. The maximum Gasteiger partial charge on any atom is 0.0544 e. The van der Waals surface area contributed by atoms with Crippen LogP contribution in [0.2, 0.25) is 5.02 Å². The molecule has 0 radical (unpaired) electrons. The summed E-state index contributed by atoms with van der Waals surface area (Å²) in [7, 11) is 0. The summed E-state index contributed by atoms with van der Waals surface area (Å²) in [6.07, 6.45) is 2.27. The van der Waals surface area contributed by atoms with Crippen LogP contribution in [0.5, 0.6) is 0 Å². The first kappa shape index (κ1) is 12.0. The molecule has 1 heterocycles. The van der Waals surface area contributed by atoms with Crippen LogP contribution >= 0.6 is 22.9 Å². The summed E-state index contributed by atoms with van der Waals surface area (Å²) >= 11 is 7.75. The number of hydrogen-bond acceptors (Lipinski definition) is 2. The predicted octanol–water partition coefficient (Wildman–Crippen LogP) is 3.58. The third-order valence-corrected chi connectivity index (χ3v) is 3.45. The van der Waals surface area contributed by atoms with Gasteiger partial charge in [-0.15, -0.1) is 11.3 Å². The minimum absolute atomic E-state index is 0.736. The SMILES string of the molecule is CC(C)CNCCCc1sccc1Cl. The van der Waals surface area contributed by atoms with Crippen LogP contribution in [-0.2, 0) is 6.42 Å². The van der Waals surface area contributed by atoms with Crippen molar-refractivity contribution in [2.45, 2.75) is 26.7 Å². The number of hydrogen-bond donors (Lipinski definition) is 1. The molecule has 3 heteroatoms. The van der Waals surface area contributed by atoms with E-state index in [9.17, 15) is 0 Å². The Morgan fingerprint density at radius 1 is 1.50 bits per heavy atom. The van der Waals surface area contributed by atoms with Crippen molar-refractivity contribution < 1.29 is 0 Å². The molecule has 0 fully saturated rings. The molecule has 0 aliphatic heterocycles. The second kappa shape index (κ2) is 6.44. The second-order valence-electron chi connectivity index (χ2n) is 3.89. The molecule has 1 nitrogen and oxygen atoms in total. The molecular formula is C11H18ClNS. The molecule has 14 heavy (non-hydrogen) atoms. The Labute approximate surface area is 95.5 Å². The number of rotatable bonds is 6. The third kappa shape index (κ3) is 4.45. The van der Waals surface area contributed by atoms with Gasteiger partial charge in [-0.1, -0.05) is 25.4 Å². The first-order valence-corrected chi connectivity index (χ1v) is 6.38. The summed E-state index contributed by atoms with van der Waals surface area (Å²) in [5.41, 5.74) is 0. The molecule has 0 aromatic carbocycles. The maximum absolute atomic E-state index is 5.99. The fraction of sp³-hybridized carbons (Fsp3) is 0.636. The molecule has 1 rings (SSSR count). The molecule has 0 spiro atoms. The first-order valence-electron chi connectivity index (χ1n) is 5.12. The standard InChI is InChI=1S/C11H18ClNS/c1-9(2)8-13-6-3-4-11-10(12)5-7-14-11/h5,7,9,13H,3-4,6,8H2,1-2H3. The van der Waals surface area contributed by atoms with Crippen molar-refractivity contribution in [1.29, 1.82) is 0 Å². The van der Waals surface area contributed by atoms with Gasteiger partial charge in [0, 0.05) is 4.88 Å². The van der Waals surface area contributed by atoms with E-state index in [1.165, 1.54) is 11.3 Å². The number of halogens is 1. The lowest BCUT2D eigenvalue weighted by Crippen LogP contribution is -2.20. The highest BCUT2D eigenvalue weighted by Crippen LogP contribution is 2.22. The topological polar surface area (TPSA) is 12.0 Å². The van der Waals surface area contributed by atoms with E-state index in [1.807, 2.05) is 6.07 Å². The Bertz CT molecular complexity index is 258. The van der Waals surface area contributed by atoms with Gasteiger partial charge in [-0.25, -0.2) is 0 Å². The van der Waals surface area contributed by atoms with Crippen molar-refractivity contribution in [3.63, 3.8) is 0 Å². The van der Waals surface area contributed by atoms with Crippen LogP contribution in [0.4, 0.5) is 0 Å². The summed E-state index contributed by atoms with van der Waals surface area (Å²) in [6, 6.07) is 1.98. The molecule has 0 bridgehead atoms. The molecule has 1 N–H and O–H groups in total. The summed E-state index contributed by atoms with van der Waals surface area (Å²) in [5, 5.41) is 6.41. The summed E-state index contributed by atoms with van der Waals surface area (Å²) in [5.74, 6) is 0.736. The van der Waals surface area contributed by atoms with Gasteiger partial charge in [-0.05, 0) is 43.3 Å². The van der Waals surface area contributed by atoms with E-state index in [-0.39, 0.29) is 0 Å². The smallest absolute Gasteiger partial charge is 0.0544 e. The second-order valence-corrected chi connectivity index (χ2v) is 5.30. The van der Waals surface area contributed by atoms with Gasteiger partial charge in [0.05, 0.1) is 5.02 Å². The van der Waals surface area contributed by atoms with Crippen molar-refractivity contribution >= 4 is 22.9 Å². The molecule has 0 amide bonds. The Balaban J connectivity index is 2.08. The molecule has 1 aromatic rings. The Hall–Kier alpha value is -0.0500. The van der Waals surface area contributed by atoms with Gasteiger partial charge in [0.25, 0.3) is 0 Å². The normalized spacial score (nSPS) is 11.1. The van der Waals surface area contributed by atoms with Crippen LogP contribution in [0.25, 0.3) is 0 Å². The minimum atomic E-state index is 0.736. The maximum atomic E-state index is 5.99. The highest BCUT2D eigenvalue weighted by molar-refractivity contribution is 7.10. The van der Waals surface area contributed by atoms with E-state index < -0.39 is 0 Å². The largest absolute Gasteiger partial charge is 0.316 e. The van der Waals surface area contributed by atoms with Crippen molar-refractivity contribution in [3.05, 3.63) is 21.3 Å². The van der Waals surface area contributed by atoms with E-state index >= 15 is 0 Å². The number of aryl methyl sites for hydroxylation is 1. The van der Waals surface area contributed by atoms with Crippen LogP contribution in [-0.4, -0.2) is 13.1 Å². The van der Waals surface area contributed by atoms with Gasteiger partial charge in [0.15, 0.2) is 0 Å². The Morgan fingerprint density at radius 2 is 2.29 bits per heavy atom. The van der Waals surface area contributed by atoms with Gasteiger partial charge in [0.2, 0.25) is 0 Å². The monoisotopic (exact) mass is 231 g/mol. The third-order valence-electron chi connectivity index (χ3n) is 2.00. The van der Waals surface area contributed by atoms with Crippen LogP contribution in [0, 0.1) is 5.92 Å². The van der Waals surface area contributed by atoms with E-state index in [4.69, 9.17) is 11.6 Å². The lowest BCUT2D eigenvalue weighted by atomic mass is 10.2. The first-order chi connectivity index (χ1) is 6.70. The van der Waals surface area contributed by atoms with Crippen LogP contribution in [0.1, 0.15) is 25.1 Å². The Kier molecular flexibility index (Phi) is 5.53. The van der Waals surface area contributed by atoms with E-state index in [0.717, 1.165) is 30.5 Å². The highest BCUT2D eigenvalue weighted by Gasteiger charge is 2.00. The van der Waals surface area contributed by atoms with Gasteiger partial charge in [-0.2, -0.15) is 0 Å². The zero-order chi connectivity index (χ0) is 10.4. The fourth-order valence-corrected chi connectivity index (χ4v) is 2.45. The van der Waals surface area contributed by atoms with E-state index in [2.05, 4.69) is 24.5 Å². The van der Waals surface area contributed by atoms with E-state index in [0.29, 0.717) is 0 Å².